The molecule has 26 heavy (non-hydrogen) atoms. The number of hydrogen-bond donors (Lipinski definition) is 2. The summed E-state index contributed by atoms with van der Waals surface area (Å²) in [4.78, 5) is 20.9. The van der Waals surface area contributed by atoms with Crippen molar-refractivity contribution in [3.05, 3.63) is 56.7 Å². The van der Waals surface area contributed by atoms with Gasteiger partial charge in [-0.1, -0.05) is 40.7 Å². The summed E-state index contributed by atoms with van der Waals surface area (Å²) in [6.07, 6.45) is 4.56. The molecule has 5 nitrogen and oxygen atoms in total. The number of rotatable bonds is 6. The highest BCUT2D eigenvalue weighted by atomic mass is 32.1. The largest absolute Gasteiger partial charge is 0.326 e. The second kappa shape index (κ2) is 7.58. The lowest BCUT2D eigenvalue weighted by Crippen LogP contribution is -2.16. The minimum absolute atomic E-state index is 0.0150. The van der Waals surface area contributed by atoms with Crippen molar-refractivity contribution in [2.45, 2.75) is 58.8 Å². The zero-order valence-electron chi connectivity index (χ0n) is 16.0. The number of nitrogens with zero attached hydrogens (tertiary/aromatic N) is 2. The van der Waals surface area contributed by atoms with Crippen molar-refractivity contribution in [3.63, 3.8) is 0 Å². The Morgan fingerprint density at radius 1 is 1.04 bits per heavy atom. The molecule has 0 aliphatic rings. The van der Waals surface area contributed by atoms with E-state index in [1.165, 1.54) is 0 Å². The highest BCUT2D eigenvalue weighted by Gasteiger charge is 2.18. The molecule has 0 aliphatic carbocycles. The van der Waals surface area contributed by atoms with E-state index in [1.54, 1.807) is 11.3 Å². The van der Waals surface area contributed by atoms with Crippen LogP contribution < -0.4 is 5.56 Å². The van der Waals surface area contributed by atoms with Crippen molar-refractivity contribution >= 4 is 11.3 Å². The van der Waals surface area contributed by atoms with E-state index in [2.05, 4.69) is 40.9 Å². The normalized spacial score (nSPS) is 12.9. The van der Waals surface area contributed by atoms with Gasteiger partial charge < -0.3 is 4.98 Å². The topological polar surface area (TPSA) is 74.4 Å². The summed E-state index contributed by atoms with van der Waals surface area (Å²) in [5.41, 5.74) is 3.98. The summed E-state index contributed by atoms with van der Waals surface area (Å²) in [6.45, 7) is 10.5. The van der Waals surface area contributed by atoms with Gasteiger partial charge in [0.25, 0.3) is 5.56 Å². The van der Waals surface area contributed by atoms with Crippen LogP contribution >= 0.6 is 11.3 Å². The van der Waals surface area contributed by atoms with Crippen LogP contribution in [0.25, 0.3) is 10.6 Å². The Labute approximate surface area is 157 Å². The van der Waals surface area contributed by atoms with Gasteiger partial charge in [-0.05, 0) is 24.3 Å². The molecule has 0 saturated carbocycles. The Morgan fingerprint density at radius 3 is 2.42 bits per heavy atom. The quantitative estimate of drug-likeness (QED) is 0.653. The Balaban J connectivity index is 1.83. The lowest BCUT2D eigenvalue weighted by atomic mass is 9.95. The standard InChI is InChI=1S/C20H26N4OS/c1-11(2)15-7-6-14(23-19(15)25)8-13(5)16-9-22-24-18(16)17-10-21-20(26-17)12(3)4/h6-7,9-13H,8H2,1-5H3,(H,22,24)(H,23,25). The number of thiazole rings is 1. The average Bonchev–Trinajstić information content (AvgIpc) is 3.23. The maximum Gasteiger partial charge on any atom is 0.251 e. The molecule has 0 saturated heterocycles. The van der Waals surface area contributed by atoms with Gasteiger partial charge in [-0.15, -0.1) is 11.3 Å². The van der Waals surface area contributed by atoms with Crippen LogP contribution in [0.15, 0.2) is 29.3 Å². The van der Waals surface area contributed by atoms with E-state index in [4.69, 9.17) is 0 Å². The van der Waals surface area contributed by atoms with Gasteiger partial charge in [0.1, 0.15) is 0 Å². The molecule has 0 spiro atoms. The van der Waals surface area contributed by atoms with Crippen LogP contribution in [0, 0.1) is 0 Å². The molecule has 0 fully saturated rings. The van der Waals surface area contributed by atoms with Crippen molar-refractivity contribution < 1.29 is 0 Å². The summed E-state index contributed by atoms with van der Waals surface area (Å²) in [7, 11) is 0. The lowest BCUT2D eigenvalue weighted by molar-refractivity contribution is 0.734. The first kappa shape index (κ1) is 18.6. The molecule has 3 heterocycles. The minimum atomic E-state index is 0.0150. The van der Waals surface area contributed by atoms with Crippen molar-refractivity contribution in [2.24, 2.45) is 0 Å². The van der Waals surface area contributed by atoms with Crippen LogP contribution in [0.4, 0.5) is 0 Å². The van der Waals surface area contributed by atoms with E-state index >= 15 is 0 Å². The predicted molar refractivity (Wildman–Crippen MR) is 107 cm³/mol. The summed E-state index contributed by atoms with van der Waals surface area (Å²) >= 11 is 1.70. The van der Waals surface area contributed by atoms with Crippen molar-refractivity contribution in [1.82, 2.24) is 20.2 Å². The molecule has 0 amide bonds. The molecule has 138 valence electrons. The zero-order chi connectivity index (χ0) is 18.8. The van der Waals surface area contributed by atoms with Crippen molar-refractivity contribution in [1.29, 1.82) is 0 Å². The number of H-pyrrole nitrogens is 2. The Hall–Kier alpha value is -2.21. The molecule has 0 bridgehead atoms. The van der Waals surface area contributed by atoms with Crippen molar-refractivity contribution in [2.75, 3.05) is 0 Å². The van der Waals surface area contributed by atoms with Gasteiger partial charge in [-0.25, -0.2) is 4.98 Å². The van der Waals surface area contributed by atoms with Gasteiger partial charge in [0.15, 0.2) is 0 Å². The number of aromatic nitrogens is 4. The fourth-order valence-electron chi connectivity index (χ4n) is 3.08. The van der Waals surface area contributed by atoms with Gasteiger partial charge in [-0.2, -0.15) is 5.10 Å². The summed E-state index contributed by atoms with van der Waals surface area (Å²) in [5.74, 6) is 0.878. The zero-order valence-corrected chi connectivity index (χ0v) is 16.8. The van der Waals surface area contributed by atoms with E-state index in [9.17, 15) is 4.79 Å². The molecule has 0 radical (unpaired) electrons. The minimum Gasteiger partial charge on any atom is -0.326 e. The smallest absolute Gasteiger partial charge is 0.251 e. The number of aromatic amines is 2. The molecular formula is C20H26N4OS. The van der Waals surface area contributed by atoms with E-state index in [1.807, 2.05) is 38.4 Å². The first-order valence-electron chi connectivity index (χ1n) is 9.08. The van der Waals surface area contributed by atoms with Crippen molar-refractivity contribution in [3.8, 4) is 10.6 Å². The molecule has 3 aromatic rings. The monoisotopic (exact) mass is 370 g/mol. The Bertz CT molecular complexity index is 935. The van der Waals surface area contributed by atoms with Crippen LogP contribution in [0.1, 0.15) is 74.2 Å². The number of hydrogen-bond acceptors (Lipinski definition) is 4. The second-order valence-corrected chi connectivity index (χ2v) is 8.51. The first-order chi connectivity index (χ1) is 12.4. The highest BCUT2D eigenvalue weighted by Crippen LogP contribution is 2.34. The van der Waals surface area contributed by atoms with E-state index in [0.29, 0.717) is 5.92 Å². The van der Waals surface area contributed by atoms with E-state index in [0.717, 1.165) is 38.8 Å². The fourth-order valence-corrected chi connectivity index (χ4v) is 4.01. The van der Waals surface area contributed by atoms with Gasteiger partial charge in [0, 0.05) is 28.9 Å². The molecule has 1 unspecified atom stereocenters. The maximum absolute atomic E-state index is 12.2. The third-order valence-corrected chi connectivity index (χ3v) is 5.93. The highest BCUT2D eigenvalue weighted by molar-refractivity contribution is 7.15. The summed E-state index contributed by atoms with van der Waals surface area (Å²) in [6, 6.07) is 3.97. The predicted octanol–water partition coefficient (Wildman–Crippen LogP) is 4.81. The summed E-state index contributed by atoms with van der Waals surface area (Å²) < 4.78 is 0. The fraction of sp³-hybridized carbons (Fsp3) is 0.450. The molecule has 1 atom stereocenters. The first-order valence-corrected chi connectivity index (χ1v) is 9.90. The average molecular weight is 371 g/mol. The van der Waals surface area contributed by atoms with Crippen LogP contribution in [0.2, 0.25) is 0 Å². The number of pyridine rings is 1. The molecule has 3 aromatic heterocycles. The second-order valence-electron chi connectivity index (χ2n) is 7.45. The third kappa shape index (κ3) is 3.80. The van der Waals surface area contributed by atoms with Crippen LogP contribution in [-0.4, -0.2) is 20.2 Å². The van der Waals surface area contributed by atoms with E-state index in [-0.39, 0.29) is 17.4 Å². The van der Waals surface area contributed by atoms with Gasteiger partial charge >= 0.3 is 0 Å². The molecule has 0 aromatic carbocycles. The number of nitrogens with one attached hydrogen (secondary N) is 2. The molecule has 6 heteroatoms. The molecule has 0 aliphatic heterocycles. The van der Waals surface area contributed by atoms with Gasteiger partial charge in [0.2, 0.25) is 0 Å². The van der Waals surface area contributed by atoms with Gasteiger partial charge in [-0.3, -0.25) is 9.89 Å². The van der Waals surface area contributed by atoms with Crippen LogP contribution in [0.3, 0.4) is 0 Å². The third-order valence-electron chi connectivity index (χ3n) is 4.61. The molecule has 3 rings (SSSR count). The summed E-state index contributed by atoms with van der Waals surface area (Å²) in [5, 5.41) is 8.50. The lowest BCUT2D eigenvalue weighted by Gasteiger charge is -2.12. The SMILES string of the molecule is CC(C)c1ncc(-c2[nH]ncc2C(C)Cc2ccc(C(C)C)c(=O)[nH]2)s1. The Morgan fingerprint density at radius 2 is 1.81 bits per heavy atom. The van der Waals surface area contributed by atoms with Crippen LogP contribution in [0.5, 0.6) is 0 Å². The van der Waals surface area contributed by atoms with E-state index < -0.39 is 0 Å². The van der Waals surface area contributed by atoms with Crippen LogP contribution in [-0.2, 0) is 6.42 Å². The molecule has 2 N–H and O–H groups in total. The Kier molecular flexibility index (Phi) is 5.41. The van der Waals surface area contributed by atoms with Gasteiger partial charge in [0.05, 0.1) is 21.8 Å². The molecular weight excluding hydrogens is 344 g/mol. The maximum atomic E-state index is 12.2.